The average Bonchev–Trinajstić information content (AvgIpc) is 3.78. The molecule has 1 atom stereocenters. The first-order valence-electron chi connectivity index (χ1n) is 16.0. The predicted octanol–water partition coefficient (Wildman–Crippen LogP) is 4.09. The van der Waals surface area contributed by atoms with Crippen LogP contribution in [-0.4, -0.2) is 65.0 Å². The van der Waals surface area contributed by atoms with Crippen molar-refractivity contribution in [1.29, 1.82) is 0 Å². The van der Waals surface area contributed by atoms with Crippen LogP contribution in [0.2, 0.25) is 0 Å². The molecule has 0 radical (unpaired) electrons. The summed E-state index contributed by atoms with van der Waals surface area (Å²) in [5.74, 6) is -0.608. The SMILES string of the molecule is CC(C)c1cc(-c2n[nH]c(=O)n2-c2ccc3c(ccn3CCOC(=O)Nc3cccc4c3CN(C3CCC(=O)NC3=O)C4)c2)c(O)cc1O. The summed E-state index contributed by atoms with van der Waals surface area (Å²) in [5, 5.41) is 33.6. The zero-order valence-corrected chi connectivity index (χ0v) is 26.9. The third kappa shape index (κ3) is 6.02. The zero-order valence-electron chi connectivity index (χ0n) is 26.9. The quantitative estimate of drug-likeness (QED) is 0.152. The number of aromatic nitrogens is 4. The topological polar surface area (TPSA) is 184 Å². The number of nitrogens with zero attached hydrogens (tertiary/aromatic N) is 4. The molecule has 5 N–H and O–H groups in total. The van der Waals surface area contributed by atoms with Crippen molar-refractivity contribution in [2.75, 3.05) is 11.9 Å². The van der Waals surface area contributed by atoms with Gasteiger partial charge in [-0.05, 0) is 65.4 Å². The number of aromatic amines is 1. The molecule has 1 saturated heterocycles. The van der Waals surface area contributed by atoms with Crippen LogP contribution in [0.25, 0.3) is 28.0 Å². The summed E-state index contributed by atoms with van der Waals surface area (Å²) >= 11 is 0. The van der Waals surface area contributed by atoms with Gasteiger partial charge in [0.2, 0.25) is 11.8 Å². The number of phenolic OH excluding ortho intramolecular Hbond substituents is 2. The molecule has 14 nitrogen and oxygen atoms in total. The van der Waals surface area contributed by atoms with E-state index in [2.05, 4.69) is 20.8 Å². The minimum absolute atomic E-state index is 0.0264. The molecular weight excluding hydrogens is 630 g/mol. The number of carbonyl (C=O) groups excluding carboxylic acids is 3. The number of aromatic hydroxyl groups is 2. The van der Waals surface area contributed by atoms with Gasteiger partial charge in [-0.3, -0.25) is 25.1 Å². The highest BCUT2D eigenvalue weighted by atomic mass is 16.5. The Morgan fingerprint density at radius 3 is 2.69 bits per heavy atom. The van der Waals surface area contributed by atoms with Crippen molar-refractivity contribution in [3.63, 3.8) is 0 Å². The van der Waals surface area contributed by atoms with E-state index in [1.165, 1.54) is 10.6 Å². The summed E-state index contributed by atoms with van der Waals surface area (Å²) in [6.45, 7) is 5.32. The van der Waals surface area contributed by atoms with E-state index in [-0.39, 0.29) is 41.7 Å². The number of hydrogen-bond acceptors (Lipinski definition) is 9. The normalized spacial score (nSPS) is 16.3. The Balaban J connectivity index is 1.01. The molecule has 14 heteroatoms. The lowest BCUT2D eigenvalue weighted by Gasteiger charge is -2.29. The van der Waals surface area contributed by atoms with E-state index in [9.17, 15) is 29.4 Å². The highest BCUT2D eigenvalue weighted by Crippen LogP contribution is 2.38. The summed E-state index contributed by atoms with van der Waals surface area (Å²) < 4.78 is 8.82. The molecule has 0 bridgehead atoms. The number of piperidine rings is 1. The molecule has 2 aliphatic heterocycles. The van der Waals surface area contributed by atoms with Gasteiger partial charge in [-0.2, -0.15) is 5.10 Å². The van der Waals surface area contributed by atoms with E-state index in [0.717, 1.165) is 22.0 Å². The molecule has 1 unspecified atom stereocenters. The second-order valence-corrected chi connectivity index (χ2v) is 12.6. The maximum absolute atomic E-state index is 12.9. The fourth-order valence-corrected chi connectivity index (χ4v) is 6.67. The van der Waals surface area contributed by atoms with Crippen LogP contribution >= 0.6 is 0 Å². The van der Waals surface area contributed by atoms with Crippen LogP contribution in [0.4, 0.5) is 10.5 Å². The van der Waals surface area contributed by atoms with Crippen molar-refractivity contribution in [2.24, 2.45) is 0 Å². The van der Waals surface area contributed by atoms with E-state index in [4.69, 9.17) is 4.74 Å². The average molecular weight is 666 g/mol. The van der Waals surface area contributed by atoms with Gasteiger partial charge in [0.15, 0.2) is 5.82 Å². The third-order valence-electron chi connectivity index (χ3n) is 9.15. The molecule has 0 spiro atoms. The molecule has 0 saturated carbocycles. The first-order valence-corrected chi connectivity index (χ1v) is 16.0. The standard InChI is InChI=1S/C35H35N7O7/c1-19(2)23-15-24(30(44)16-29(23)43)32-38-39-34(47)42(32)22-6-7-27-20(14-22)10-11-40(27)12-13-49-35(48)36-26-5-3-4-21-17-41(18-25(21)26)28-8-9-31(45)37-33(28)46/h3-7,10-11,14-16,19,28,43-44H,8-9,12-13,17-18H2,1-2H3,(H,36,48)(H,39,47)(H,37,45,46). The fraction of sp³-hybridized carbons (Fsp3) is 0.286. The minimum atomic E-state index is -0.600. The lowest BCUT2D eigenvalue weighted by Crippen LogP contribution is -2.50. The molecule has 0 aliphatic carbocycles. The lowest BCUT2D eigenvalue weighted by molar-refractivity contribution is -0.137. The fourth-order valence-electron chi connectivity index (χ4n) is 6.67. The lowest BCUT2D eigenvalue weighted by atomic mass is 9.98. The van der Waals surface area contributed by atoms with Crippen LogP contribution in [0.3, 0.4) is 0 Å². The number of rotatable bonds is 8. The van der Waals surface area contributed by atoms with E-state index in [0.29, 0.717) is 55.0 Å². The maximum atomic E-state index is 12.9. The number of amides is 3. The predicted molar refractivity (Wildman–Crippen MR) is 179 cm³/mol. The van der Waals surface area contributed by atoms with Crippen LogP contribution < -0.4 is 16.3 Å². The van der Waals surface area contributed by atoms with E-state index in [1.807, 2.05) is 59.8 Å². The Morgan fingerprint density at radius 1 is 1.06 bits per heavy atom. The number of anilines is 1. The molecule has 7 rings (SSSR count). The van der Waals surface area contributed by atoms with Crippen molar-refractivity contribution >= 4 is 34.5 Å². The second kappa shape index (κ2) is 12.6. The van der Waals surface area contributed by atoms with Crippen molar-refractivity contribution < 1.29 is 29.3 Å². The first-order chi connectivity index (χ1) is 23.6. The largest absolute Gasteiger partial charge is 0.508 e. The number of nitrogens with one attached hydrogen (secondary N) is 3. The molecular formula is C35H35N7O7. The smallest absolute Gasteiger partial charge is 0.411 e. The van der Waals surface area contributed by atoms with Crippen LogP contribution in [-0.2, 0) is 34.0 Å². The van der Waals surface area contributed by atoms with Gasteiger partial charge in [0, 0.05) is 48.4 Å². The monoisotopic (exact) mass is 665 g/mol. The van der Waals surface area contributed by atoms with Gasteiger partial charge in [0.05, 0.1) is 23.8 Å². The van der Waals surface area contributed by atoms with Crippen LogP contribution in [0, 0.1) is 0 Å². The summed E-state index contributed by atoms with van der Waals surface area (Å²) in [4.78, 5) is 51.7. The van der Waals surface area contributed by atoms with Gasteiger partial charge >= 0.3 is 11.8 Å². The molecule has 4 heterocycles. The van der Waals surface area contributed by atoms with Crippen LogP contribution in [0.5, 0.6) is 11.5 Å². The summed E-state index contributed by atoms with van der Waals surface area (Å²) in [6.07, 6.45) is 2.03. The van der Waals surface area contributed by atoms with Crippen molar-refractivity contribution in [3.05, 3.63) is 88.0 Å². The van der Waals surface area contributed by atoms with Gasteiger partial charge in [-0.1, -0.05) is 26.0 Å². The Hall–Kier alpha value is -5.89. The van der Waals surface area contributed by atoms with Crippen molar-refractivity contribution in [2.45, 2.75) is 58.3 Å². The number of fused-ring (bicyclic) bond motifs is 2. The number of phenols is 2. The zero-order chi connectivity index (χ0) is 34.4. The number of ether oxygens (including phenoxy) is 1. The molecule has 3 aromatic carbocycles. The van der Waals surface area contributed by atoms with Crippen LogP contribution in [0.1, 0.15) is 49.3 Å². The third-order valence-corrected chi connectivity index (χ3v) is 9.15. The Labute approximate surface area is 279 Å². The van der Waals surface area contributed by atoms with Crippen LogP contribution in [0.15, 0.2) is 65.6 Å². The van der Waals surface area contributed by atoms with Gasteiger partial charge in [-0.15, -0.1) is 0 Å². The van der Waals surface area contributed by atoms with E-state index < -0.39 is 17.8 Å². The molecule has 3 amide bonds. The highest BCUT2D eigenvalue weighted by Gasteiger charge is 2.35. The van der Waals surface area contributed by atoms with Crippen molar-refractivity contribution in [1.82, 2.24) is 29.5 Å². The molecule has 1 fully saturated rings. The van der Waals surface area contributed by atoms with Gasteiger partial charge in [-0.25, -0.2) is 19.3 Å². The van der Waals surface area contributed by atoms with Gasteiger partial charge < -0.3 is 19.5 Å². The van der Waals surface area contributed by atoms with E-state index >= 15 is 0 Å². The number of hydrogen-bond donors (Lipinski definition) is 5. The Bertz CT molecular complexity index is 2180. The van der Waals surface area contributed by atoms with Crippen molar-refractivity contribution in [3.8, 4) is 28.6 Å². The summed E-state index contributed by atoms with van der Waals surface area (Å²) in [7, 11) is 0. The molecule has 2 aliphatic rings. The molecule has 252 valence electrons. The van der Waals surface area contributed by atoms with Gasteiger partial charge in [0.25, 0.3) is 0 Å². The number of carbonyl (C=O) groups is 3. The highest BCUT2D eigenvalue weighted by molar-refractivity contribution is 6.00. The Kier molecular flexibility index (Phi) is 8.16. The maximum Gasteiger partial charge on any atom is 0.411 e. The minimum Gasteiger partial charge on any atom is -0.508 e. The molecule has 5 aromatic rings. The molecule has 2 aromatic heterocycles. The number of imide groups is 1. The number of H-pyrrole nitrogens is 1. The summed E-state index contributed by atoms with van der Waals surface area (Å²) in [5.41, 5.74) is 4.35. The summed E-state index contributed by atoms with van der Waals surface area (Å²) in [6, 6.07) is 15.4. The second-order valence-electron chi connectivity index (χ2n) is 12.6. The van der Waals surface area contributed by atoms with E-state index in [1.54, 1.807) is 18.2 Å². The first kappa shape index (κ1) is 31.7. The molecule has 49 heavy (non-hydrogen) atoms. The Morgan fingerprint density at radius 2 is 1.90 bits per heavy atom. The number of benzene rings is 3. The van der Waals surface area contributed by atoms with Gasteiger partial charge in [0.1, 0.15) is 18.1 Å².